The minimum Gasteiger partial charge on any atom is -0.493 e. The average Bonchev–Trinajstić information content (AvgIpc) is 2.90. The van der Waals surface area contributed by atoms with Crippen LogP contribution in [0, 0.1) is 13.8 Å². The summed E-state index contributed by atoms with van der Waals surface area (Å²) in [6, 6.07) is 11.0. The molecule has 1 amide bonds. The summed E-state index contributed by atoms with van der Waals surface area (Å²) in [5.74, 6) is 0.993. The minimum atomic E-state index is -0.337. The van der Waals surface area contributed by atoms with Crippen LogP contribution in [0.2, 0.25) is 0 Å². The van der Waals surface area contributed by atoms with E-state index in [1.54, 1.807) is 19.2 Å². The highest BCUT2D eigenvalue weighted by atomic mass is 16.5. The van der Waals surface area contributed by atoms with Crippen molar-refractivity contribution in [3.8, 4) is 5.75 Å². The summed E-state index contributed by atoms with van der Waals surface area (Å²) in [7, 11) is 1.57. The molecule has 3 aromatic rings. The fourth-order valence-corrected chi connectivity index (χ4v) is 2.39. The fraction of sp³-hybridized carbons (Fsp3) is 0.176. The average molecular weight is 296 g/mol. The Kier molecular flexibility index (Phi) is 3.55. The van der Waals surface area contributed by atoms with Gasteiger partial charge in [0.05, 0.1) is 7.11 Å². The van der Waals surface area contributed by atoms with E-state index < -0.39 is 0 Å². The second-order valence-corrected chi connectivity index (χ2v) is 5.11. The Labute approximate surface area is 127 Å². The molecule has 0 fully saturated rings. The molecule has 0 aliphatic heterocycles. The van der Waals surface area contributed by atoms with Crippen molar-refractivity contribution < 1.29 is 13.9 Å². The Balaban J connectivity index is 1.92. The normalized spacial score (nSPS) is 10.7. The number of amides is 1. The number of nitrogens with zero attached hydrogens (tertiary/aromatic N) is 1. The van der Waals surface area contributed by atoms with Crippen molar-refractivity contribution in [1.29, 1.82) is 0 Å². The third-order valence-electron chi connectivity index (χ3n) is 3.29. The van der Waals surface area contributed by atoms with Crippen LogP contribution in [0.3, 0.4) is 0 Å². The molecule has 2 aromatic heterocycles. The number of rotatable bonds is 3. The van der Waals surface area contributed by atoms with Crippen LogP contribution < -0.4 is 10.1 Å². The number of methoxy groups -OCH3 is 1. The molecular weight excluding hydrogens is 280 g/mol. The third-order valence-corrected chi connectivity index (χ3v) is 3.29. The number of furan rings is 1. The number of ether oxygens (including phenoxy) is 1. The molecule has 2 heterocycles. The molecule has 5 heteroatoms. The van der Waals surface area contributed by atoms with Gasteiger partial charge < -0.3 is 14.5 Å². The molecule has 0 saturated carbocycles. The number of aryl methyl sites for hydroxylation is 2. The lowest BCUT2D eigenvalue weighted by molar-refractivity contribution is 0.0998. The maximum atomic E-state index is 12.3. The standard InChI is InChI=1S/C17H16N2O3/c1-10-7-11(2)18-15(8-10)19-17(20)14-9-12-5-4-6-13(21-3)16(12)22-14/h4-9H,1-3H3,(H,18,19,20). The first-order valence-corrected chi connectivity index (χ1v) is 6.90. The van der Waals surface area contributed by atoms with Gasteiger partial charge in [-0.15, -0.1) is 0 Å². The van der Waals surface area contributed by atoms with Crippen LogP contribution in [0.25, 0.3) is 11.0 Å². The molecule has 112 valence electrons. The second kappa shape index (κ2) is 5.52. The number of carbonyl (C=O) groups excluding carboxylic acids is 1. The summed E-state index contributed by atoms with van der Waals surface area (Å²) in [6.45, 7) is 3.84. The van der Waals surface area contributed by atoms with E-state index >= 15 is 0 Å². The van der Waals surface area contributed by atoms with Crippen molar-refractivity contribution in [3.63, 3.8) is 0 Å². The third kappa shape index (κ3) is 2.65. The van der Waals surface area contributed by atoms with Gasteiger partial charge in [0, 0.05) is 11.1 Å². The highest BCUT2D eigenvalue weighted by Gasteiger charge is 2.15. The lowest BCUT2D eigenvalue weighted by atomic mass is 10.2. The molecule has 3 rings (SSSR count). The topological polar surface area (TPSA) is 64.4 Å². The Morgan fingerprint density at radius 3 is 2.77 bits per heavy atom. The molecule has 0 atom stereocenters. The maximum Gasteiger partial charge on any atom is 0.292 e. The van der Waals surface area contributed by atoms with Crippen LogP contribution in [0.5, 0.6) is 5.75 Å². The van der Waals surface area contributed by atoms with Crippen LogP contribution in [0.15, 0.2) is 40.8 Å². The maximum absolute atomic E-state index is 12.3. The van der Waals surface area contributed by atoms with Crippen LogP contribution >= 0.6 is 0 Å². The lowest BCUT2D eigenvalue weighted by Gasteiger charge is -2.04. The van der Waals surface area contributed by atoms with Crippen molar-refractivity contribution in [2.75, 3.05) is 12.4 Å². The van der Waals surface area contributed by atoms with Gasteiger partial charge in [0.15, 0.2) is 17.1 Å². The van der Waals surface area contributed by atoms with E-state index in [1.807, 2.05) is 38.1 Å². The number of aromatic nitrogens is 1. The highest BCUT2D eigenvalue weighted by Crippen LogP contribution is 2.28. The molecule has 0 aliphatic rings. The molecule has 1 aromatic carbocycles. The Morgan fingerprint density at radius 2 is 2.05 bits per heavy atom. The number of hydrogen-bond donors (Lipinski definition) is 1. The lowest BCUT2D eigenvalue weighted by Crippen LogP contribution is -2.12. The van der Waals surface area contributed by atoms with Gasteiger partial charge in [0.25, 0.3) is 5.91 Å². The summed E-state index contributed by atoms with van der Waals surface area (Å²) in [5, 5.41) is 3.57. The van der Waals surface area contributed by atoms with Gasteiger partial charge in [-0.3, -0.25) is 4.79 Å². The Morgan fingerprint density at radius 1 is 1.23 bits per heavy atom. The van der Waals surface area contributed by atoms with E-state index in [0.717, 1.165) is 16.6 Å². The Bertz CT molecular complexity index is 832. The number of pyridine rings is 1. The van der Waals surface area contributed by atoms with Crippen molar-refractivity contribution >= 4 is 22.7 Å². The number of anilines is 1. The van der Waals surface area contributed by atoms with Crippen molar-refractivity contribution in [2.45, 2.75) is 13.8 Å². The smallest absolute Gasteiger partial charge is 0.292 e. The van der Waals surface area contributed by atoms with E-state index in [0.29, 0.717) is 17.2 Å². The van der Waals surface area contributed by atoms with E-state index in [1.165, 1.54) is 0 Å². The summed E-state index contributed by atoms with van der Waals surface area (Å²) < 4.78 is 10.9. The molecule has 0 unspecified atom stereocenters. The van der Waals surface area contributed by atoms with Gasteiger partial charge in [0.1, 0.15) is 5.82 Å². The quantitative estimate of drug-likeness (QED) is 0.800. The van der Waals surface area contributed by atoms with E-state index in [-0.39, 0.29) is 11.7 Å². The molecular formula is C17H16N2O3. The van der Waals surface area contributed by atoms with E-state index in [2.05, 4.69) is 10.3 Å². The zero-order valence-electron chi connectivity index (χ0n) is 12.6. The van der Waals surface area contributed by atoms with Crippen LogP contribution in [-0.4, -0.2) is 18.0 Å². The molecule has 22 heavy (non-hydrogen) atoms. The molecule has 0 radical (unpaired) electrons. The van der Waals surface area contributed by atoms with Crippen molar-refractivity contribution in [3.05, 3.63) is 53.4 Å². The zero-order valence-corrected chi connectivity index (χ0v) is 12.6. The molecule has 0 bridgehead atoms. The number of carbonyl (C=O) groups is 1. The molecule has 1 N–H and O–H groups in total. The van der Waals surface area contributed by atoms with E-state index in [9.17, 15) is 4.79 Å². The summed E-state index contributed by atoms with van der Waals surface area (Å²) in [5.41, 5.74) is 2.44. The van der Waals surface area contributed by atoms with Gasteiger partial charge in [-0.25, -0.2) is 4.98 Å². The van der Waals surface area contributed by atoms with Gasteiger partial charge >= 0.3 is 0 Å². The van der Waals surface area contributed by atoms with Crippen molar-refractivity contribution in [2.24, 2.45) is 0 Å². The Hall–Kier alpha value is -2.82. The zero-order chi connectivity index (χ0) is 15.7. The summed E-state index contributed by atoms with van der Waals surface area (Å²) in [4.78, 5) is 16.6. The molecule has 0 spiro atoms. The van der Waals surface area contributed by atoms with Gasteiger partial charge in [-0.1, -0.05) is 12.1 Å². The monoisotopic (exact) mass is 296 g/mol. The summed E-state index contributed by atoms with van der Waals surface area (Å²) >= 11 is 0. The van der Waals surface area contributed by atoms with Crippen LogP contribution in [0.1, 0.15) is 21.8 Å². The first-order chi connectivity index (χ1) is 10.6. The van der Waals surface area contributed by atoms with Crippen LogP contribution in [0.4, 0.5) is 5.82 Å². The minimum absolute atomic E-state index is 0.223. The number of nitrogens with one attached hydrogen (secondary N) is 1. The number of para-hydroxylation sites is 1. The predicted octanol–water partition coefficient (Wildman–Crippen LogP) is 3.71. The summed E-state index contributed by atoms with van der Waals surface area (Å²) in [6.07, 6.45) is 0. The molecule has 0 aliphatic carbocycles. The number of fused-ring (bicyclic) bond motifs is 1. The molecule has 0 saturated heterocycles. The van der Waals surface area contributed by atoms with Crippen molar-refractivity contribution in [1.82, 2.24) is 4.98 Å². The number of benzene rings is 1. The SMILES string of the molecule is COc1cccc2cc(C(=O)Nc3cc(C)cc(C)n3)oc12. The fourth-order valence-electron chi connectivity index (χ4n) is 2.39. The largest absolute Gasteiger partial charge is 0.493 e. The van der Waals surface area contributed by atoms with Crippen LogP contribution in [-0.2, 0) is 0 Å². The second-order valence-electron chi connectivity index (χ2n) is 5.11. The first-order valence-electron chi connectivity index (χ1n) is 6.90. The van der Waals surface area contributed by atoms with Gasteiger partial charge in [-0.2, -0.15) is 0 Å². The van der Waals surface area contributed by atoms with Gasteiger partial charge in [0.2, 0.25) is 0 Å². The van der Waals surface area contributed by atoms with E-state index in [4.69, 9.17) is 9.15 Å². The highest BCUT2D eigenvalue weighted by molar-refractivity contribution is 6.04. The first kappa shape index (κ1) is 14.1. The molecule has 5 nitrogen and oxygen atoms in total. The predicted molar refractivity (Wildman–Crippen MR) is 84.4 cm³/mol. The van der Waals surface area contributed by atoms with Gasteiger partial charge in [-0.05, 0) is 43.7 Å². The number of hydrogen-bond acceptors (Lipinski definition) is 4.